The zero-order valence-electron chi connectivity index (χ0n) is 9.10. The van der Waals surface area contributed by atoms with Crippen molar-refractivity contribution in [2.45, 2.75) is 26.8 Å². The molecule has 1 aromatic rings. The minimum absolute atomic E-state index is 0.233. The van der Waals surface area contributed by atoms with Gasteiger partial charge in [-0.25, -0.2) is 0 Å². The molecule has 0 aliphatic heterocycles. The van der Waals surface area contributed by atoms with Crippen LogP contribution in [0, 0.1) is 0 Å². The van der Waals surface area contributed by atoms with Crippen LogP contribution < -0.4 is 5.32 Å². The van der Waals surface area contributed by atoms with Gasteiger partial charge in [-0.2, -0.15) is 0 Å². The molecule has 0 saturated carbocycles. The van der Waals surface area contributed by atoms with Gasteiger partial charge in [0.15, 0.2) is 0 Å². The molecular formula is C11H15Cl2NS. The molecule has 1 atom stereocenters. The molecule has 84 valence electrons. The zero-order valence-corrected chi connectivity index (χ0v) is 11.4. The molecule has 1 heterocycles. The molecule has 0 spiro atoms. The summed E-state index contributed by atoms with van der Waals surface area (Å²) in [4.78, 5) is 0. The molecule has 0 bridgehead atoms. The van der Waals surface area contributed by atoms with Gasteiger partial charge in [0.25, 0.3) is 0 Å². The van der Waals surface area contributed by atoms with Gasteiger partial charge in [0.05, 0.1) is 8.67 Å². The lowest BCUT2D eigenvalue weighted by Crippen LogP contribution is -2.18. The molecule has 15 heavy (non-hydrogen) atoms. The van der Waals surface area contributed by atoms with Crippen LogP contribution in [0.1, 0.15) is 32.4 Å². The first-order valence-corrected chi connectivity index (χ1v) is 6.39. The van der Waals surface area contributed by atoms with Gasteiger partial charge in [0.1, 0.15) is 0 Å². The molecular weight excluding hydrogens is 249 g/mol. The second-order valence-corrected chi connectivity index (χ2v) is 5.98. The number of rotatable bonds is 4. The largest absolute Gasteiger partial charge is 0.307 e. The van der Waals surface area contributed by atoms with E-state index in [2.05, 4.69) is 32.2 Å². The molecule has 0 fully saturated rings. The number of thiophene rings is 1. The lowest BCUT2D eigenvalue weighted by Gasteiger charge is -2.11. The Hall–Kier alpha value is -0.0200. The van der Waals surface area contributed by atoms with Crippen molar-refractivity contribution in [1.82, 2.24) is 5.32 Å². The summed E-state index contributed by atoms with van der Waals surface area (Å²) in [6, 6.07) is 2.16. The maximum atomic E-state index is 6.06. The third-order valence-corrected chi connectivity index (χ3v) is 3.60. The van der Waals surface area contributed by atoms with Gasteiger partial charge in [-0.1, -0.05) is 34.9 Å². The van der Waals surface area contributed by atoms with E-state index in [9.17, 15) is 0 Å². The van der Waals surface area contributed by atoms with Crippen molar-refractivity contribution in [3.63, 3.8) is 0 Å². The average Bonchev–Trinajstić information content (AvgIpc) is 2.44. The van der Waals surface area contributed by atoms with Gasteiger partial charge < -0.3 is 5.32 Å². The molecule has 1 aromatic heterocycles. The van der Waals surface area contributed by atoms with Crippen molar-refractivity contribution in [3.8, 4) is 0 Å². The van der Waals surface area contributed by atoms with Crippen LogP contribution in [-0.4, -0.2) is 6.54 Å². The fourth-order valence-corrected chi connectivity index (χ4v) is 2.84. The summed E-state index contributed by atoms with van der Waals surface area (Å²) in [7, 11) is 0. The van der Waals surface area contributed by atoms with E-state index in [0.717, 1.165) is 20.8 Å². The summed E-state index contributed by atoms with van der Waals surface area (Å²) in [5, 5.41) is 3.37. The molecule has 0 saturated heterocycles. The first-order valence-electron chi connectivity index (χ1n) is 4.82. The van der Waals surface area contributed by atoms with E-state index in [1.165, 1.54) is 16.9 Å². The SMILES string of the molecule is CC(C)=CCNC(C)c1cc(Cl)sc1Cl. The summed E-state index contributed by atoms with van der Waals surface area (Å²) in [6.45, 7) is 7.11. The maximum Gasteiger partial charge on any atom is 0.0991 e. The van der Waals surface area contributed by atoms with Gasteiger partial charge in [0.2, 0.25) is 0 Å². The molecule has 1 nitrogen and oxygen atoms in total. The van der Waals surface area contributed by atoms with Crippen LogP contribution in [-0.2, 0) is 0 Å². The van der Waals surface area contributed by atoms with Crippen LogP contribution >= 0.6 is 34.5 Å². The predicted octanol–water partition coefficient (Wildman–Crippen LogP) is 4.67. The third-order valence-electron chi connectivity index (χ3n) is 2.08. The average molecular weight is 264 g/mol. The predicted molar refractivity (Wildman–Crippen MR) is 70.2 cm³/mol. The summed E-state index contributed by atoms with van der Waals surface area (Å²) in [6.07, 6.45) is 2.15. The van der Waals surface area contributed by atoms with E-state index in [0.29, 0.717) is 0 Å². The van der Waals surface area contributed by atoms with Gasteiger partial charge in [-0.3, -0.25) is 0 Å². The van der Waals surface area contributed by atoms with Crippen LogP contribution in [0.3, 0.4) is 0 Å². The topological polar surface area (TPSA) is 12.0 Å². The molecule has 0 aromatic carbocycles. The fourth-order valence-electron chi connectivity index (χ4n) is 1.20. The zero-order chi connectivity index (χ0) is 11.4. The first kappa shape index (κ1) is 13.0. The molecule has 1 unspecified atom stereocenters. The van der Waals surface area contributed by atoms with E-state index in [4.69, 9.17) is 23.2 Å². The fraction of sp³-hybridized carbons (Fsp3) is 0.455. The van der Waals surface area contributed by atoms with Gasteiger partial charge in [-0.05, 0) is 32.4 Å². The highest BCUT2D eigenvalue weighted by molar-refractivity contribution is 7.20. The lowest BCUT2D eigenvalue weighted by atomic mass is 10.2. The molecule has 1 rings (SSSR count). The molecule has 4 heteroatoms. The minimum Gasteiger partial charge on any atom is -0.307 e. The van der Waals surface area contributed by atoms with Crippen LogP contribution in [0.2, 0.25) is 8.67 Å². The van der Waals surface area contributed by atoms with Crippen LogP contribution in [0.5, 0.6) is 0 Å². The number of nitrogens with one attached hydrogen (secondary N) is 1. The Balaban J connectivity index is 2.57. The normalized spacial score (nSPS) is 12.6. The van der Waals surface area contributed by atoms with Crippen molar-refractivity contribution in [2.75, 3.05) is 6.54 Å². The molecule has 0 aliphatic carbocycles. The highest BCUT2D eigenvalue weighted by atomic mass is 35.5. The second kappa shape index (κ2) is 5.90. The summed E-state index contributed by atoms with van der Waals surface area (Å²) in [5.41, 5.74) is 2.39. The summed E-state index contributed by atoms with van der Waals surface area (Å²) in [5.74, 6) is 0. The van der Waals surface area contributed by atoms with Gasteiger partial charge in [0, 0.05) is 12.6 Å². The second-order valence-electron chi connectivity index (χ2n) is 3.69. The Labute approximate surface area is 105 Å². The van der Waals surface area contributed by atoms with E-state index in [-0.39, 0.29) is 6.04 Å². The van der Waals surface area contributed by atoms with Crippen molar-refractivity contribution in [2.24, 2.45) is 0 Å². The van der Waals surface area contributed by atoms with E-state index in [1.54, 1.807) is 0 Å². The van der Waals surface area contributed by atoms with E-state index >= 15 is 0 Å². The monoisotopic (exact) mass is 263 g/mol. The highest BCUT2D eigenvalue weighted by Gasteiger charge is 2.11. The Bertz CT molecular complexity index is 353. The van der Waals surface area contributed by atoms with Crippen molar-refractivity contribution in [3.05, 3.63) is 32.0 Å². The smallest absolute Gasteiger partial charge is 0.0991 e. The molecule has 0 aliphatic rings. The molecule has 1 N–H and O–H groups in total. The maximum absolute atomic E-state index is 6.06. The first-order chi connectivity index (χ1) is 7.00. The Kier molecular flexibility index (Phi) is 5.13. The van der Waals surface area contributed by atoms with Crippen molar-refractivity contribution >= 4 is 34.5 Å². The van der Waals surface area contributed by atoms with Gasteiger partial charge >= 0.3 is 0 Å². The molecule has 0 amide bonds. The summed E-state index contributed by atoms with van der Waals surface area (Å²) < 4.78 is 1.52. The third kappa shape index (κ3) is 4.15. The van der Waals surface area contributed by atoms with Crippen molar-refractivity contribution in [1.29, 1.82) is 0 Å². The van der Waals surface area contributed by atoms with E-state index < -0.39 is 0 Å². The number of hydrogen-bond donors (Lipinski definition) is 1. The lowest BCUT2D eigenvalue weighted by molar-refractivity contribution is 0.618. The van der Waals surface area contributed by atoms with Crippen LogP contribution in [0.15, 0.2) is 17.7 Å². The number of allylic oxidation sites excluding steroid dienone is 1. The highest BCUT2D eigenvalue weighted by Crippen LogP contribution is 2.34. The Morgan fingerprint density at radius 1 is 1.53 bits per heavy atom. The van der Waals surface area contributed by atoms with Crippen LogP contribution in [0.25, 0.3) is 0 Å². The number of halogens is 2. The standard InChI is InChI=1S/C11H15Cl2NS/c1-7(2)4-5-14-8(3)9-6-10(12)15-11(9)13/h4,6,8,14H,5H2,1-3H3. The summed E-state index contributed by atoms with van der Waals surface area (Å²) >= 11 is 13.4. The van der Waals surface area contributed by atoms with E-state index in [1.807, 2.05) is 6.07 Å². The minimum atomic E-state index is 0.233. The Morgan fingerprint density at radius 3 is 2.67 bits per heavy atom. The molecule has 0 radical (unpaired) electrons. The quantitative estimate of drug-likeness (QED) is 0.779. The Morgan fingerprint density at radius 2 is 2.20 bits per heavy atom. The van der Waals surface area contributed by atoms with Gasteiger partial charge in [-0.15, -0.1) is 11.3 Å². The number of hydrogen-bond acceptors (Lipinski definition) is 2. The van der Waals surface area contributed by atoms with Crippen molar-refractivity contribution < 1.29 is 0 Å². The van der Waals surface area contributed by atoms with Crippen LogP contribution in [0.4, 0.5) is 0 Å².